The van der Waals surface area contributed by atoms with Gasteiger partial charge in [-0.2, -0.15) is 4.98 Å². The smallest absolute Gasteiger partial charge is 0.225 e. The zero-order valence-electron chi connectivity index (χ0n) is 10.9. The topological polar surface area (TPSA) is 95.4 Å². The number of hydrogen-bond acceptors (Lipinski definition) is 6. The van der Waals surface area contributed by atoms with E-state index < -0.39 is 0 Å². The maximum atomic E-state index is 6.00. The molecule has 7 nitrogen and oxygen atoms in total. The first-order chi connectivity index (χ1) is 9.56. The van der Waals surface area contributed by atoms with E-state index in [0.717, 1.165) is 0 Å². The first-order valence-electron chi connectivity index (χ1n) is 6.04. The summed E-state index contributed by atoms with van der Waals surface area (Å²) in [6.07, 6.45) is 4.73. The monoisotopic (exact) mass is 289 g/mol. The number of imidazole rings is 1. The molecule has 0 atom stereocenters. The molecule has 0 aromatic carbocycles. The summed E-state index contributed by atoms with van der Waals surface area (Å²) < 4.78 is 1.93. The van der Waals surface area contributed by atoms with Crippen LogP contribution in [0.2, 0.25) is 5.28 Å². The molecule has 0 saturated heterocycles. The Labute approximate surface area is 119 Å². The molecular weight excluding hydrogens is 278 g/mol. The number of aromatic nitrogens is 6. The number of nitrogens with zero attached hydrogens (tertiary/aromatic N) is 6. The maximum absolute atomic E-state index is 6.00. The summed E-state index contributed by atoms with van der Waals surface area (Å²) in [5.74, 6) is 0.345. The summed E-state index contributed by atoms with van der Waals surface area (Å²) in [6.45, 7) is 4.08. The Morgan fingerprint density at radius 2 is 1.95 bits per heavy atom. The van der Waals surface area contributed by atoms with Crippen LogP contribution >= 0.6 is 11.6 Å². The van der Waals surface area contributed by atoms with Crippen molar-refractivity contribution in [3.05, 3.63) is 24.0 Å². The molecule has 0 aliphatic heterocycles. The Kier molecular flexibility index (Phi) is 2.98. The number of anilines is 1. The van der Waals surface area contributed by atoms with Crippen molar-refractivity contribution in [2.45, 2.75) is 19.9 Å². The standard InChI is InChI=1S/C12H12ClN7/c1-6(2)20-5-17-10-9(18-12(13)19-11(10)20)7-3-16-8(14)4-15-7/h3-6H,1-2H3,(H2,14,16). The van der Waals surface area contributed by atoms with Gasteiger partial charge in [0.1, 0.15) is 22.7 Å². The molecule has 3 rings (SSSR count). The van der Waals surface area contributed by atoms with Gasteiger partial charge in [-0.15, -0.1) is 0 Å². The molecule has 3 aromatic rings. The number of fused-ring (bicyclic) bond motifs is 1. The summed E-state index contributed by atoms with van der Waals surface area (Å²) in [5.41, 5.74) is 7.96. The molecule has 0 spiro atoms. The van der Waals surface area contributed by atoms with E-state index in [2.05, 4.69) is 24.9 Å². The highest BCUT2D eigenvalue weighted by Crippen LogP contribution is 2.26. The molecule has 20 heavy (non-hydrogen) atoms. The number of hydrogen-bond donors (Lipinski definition) is 1. The minimum absolute atomic E-state index is 0.147. The highest BCUT2D eigenvalue weighted by Gasteiger charge is 2.16. The van der Waals surface area contributed by atoms with Crippen LogP contribution in [-0.4, -0.2) is 29.5 Å². The molecule has 0 aliphatic rings. The van der Waals surface area contributed by atoms with E-state index in [1.165, 1.54) is 6.20 Å². The third-order valence-corrected chi connectivity index (χ3v) is 3.03. The molecule has 3 heterocycles. The van der Waals surface area contributed by atoms with Crippen LogP contribution in [0.25, 0.3) is 22.6 Å². The van der Waals surface area contributed by atoms with Gasteiger partial charge in [0.15, 0.2) is 5.65 Å². The third-order valence-electron chi connectivity index (χ3n) is 2.86. The molecule has 0 fully saturated rings. The van der Waals surface area contributed by atoms with Crippen LogP contribution in [0.1, 0.15) is 19.9 Å². The van der Waals surface area contributed by atoms with Crippen molar-refractivity contribution in [3.63, 3.8) is 0 Å². The lowest BCUT2D eigenvalue weighted by atomic mass is 10.3. The molecule has 3 aromatic heterocycles. The second kappa shape index (κ2) is 4.68. The van der Waals surface area contributed by atoms with Crippen molar-refractivity contribution >= 4 is 28.6 Å². The van der Waals surface area contributed by atoms with Crippen LogP contribution in [0.15, 0.2) is 18.7 Å². The SMILES string of the molecule is CC(C)n1cnc2c(-c3cnc(N)cn3)nc(Cl)nc21. The Bertz CT molecular complexity index is 763. The van der Waals surface area contributed by atoms with Gasteiger partial charge < -0.3 is 10.3 Å². The molecule has 8 heteroatoms. The maximum Gasteiger partial charge on any atom is 0.225 e. The van der Waals surface area contributed by atoms with Crippen molar-refractivity contribution in [2.24, 2.45) is 0 Å². The normalized spacial score (nSPS) is 11.4. The summed E-state index contributed by atoms with van der Waals surface area (Å²) >= 11 is 6.00. The zero-order valence-corrected chi connectivity index (χ0v) is 11.7. The molecule has 0 saturated carbocycles. The van der Waals surface area contributed by atoms with E-state index in [4.69, 9.17) is 17.3 Å². The Hall–Kier alpha value is -2.28. The van der Waals surface area contributed by atoms with Crippen LogP contribution in [-0.2, 0) is 0 Å². The molecule has 0 unspecified atom stereocenters. The van der Waals surface area contributed by atoms with Gasteiger partial charge in [0.2, 0.25) is 5.28 Å². The summed E-state index contributed by atoms with van der Waals surface area (Å²) in [7, 11) is 0. The fourth-order valence-electron chi connectivity index (χ4n) is 1.91. The van der Waals surface area contributed by atoms with Gasteiger partial charge in [0, 0.05) is 6.04 Å². The fraction of sp³-hybridized carbons (Fsp3) is 0.250. The highest BCUT2D eigenvalue weighted by atomic mass is 35.5. The van der Waals surface area contributed by atoms with Crippen LogP contribution in [0.5, 0.6) is 0 Å². The Morgan fingerprint density at radius 3 is 2.60 bits per heavy atom. The summed E-state index contributed by atoms with van der Waals surface area (Å²) in [4.78, 5) is 21.0. The van der Waals surface area contributed by atoms with Crippen molar-refractivity contribution < 1.29 is 0 Å². The average Bonchev–Trinajstić information content (AvgIpc) is 2.82. The first kappa shape index (κ1) is 12.7. The van der Waals surface area contributed by atoms with Crippen LogP contribution in [0, 0.1) is 0 Å². The fourth-order valence-corrected chi connectivity index (χ4v) is 2.07. The molecule has 0 radical (unpaired) electrons. The second-order valence-electron chi connectivity index (χ2n) is 4.59. The van der Waals surface area contributed by atoms with Gasteiger partial charge >= 0.3 is 0 Å². The Balaban J connectivity index is 2.28. The van der Waals surface area contributed by atoms with Crippen molar-refractivity contribution in [3.8, 4) is 11.4 Å². The predicted octanol–water partition coefficient (Wildman–Crippen LogP) is 2.10. The summed E-state index contributed by atoms with van der Waals surface area (Å²) in [6, 6.07) is 0.219. The third kappa shape index (κ3) is 2.05. The molecule has 102 valence electrons. The number of halogens is 1. The molecule has 0 bridgehead atoms. The number of nitrogens with two attached hydrogens (primary N) is 1. The van der Waals surface area contributed by atoms with E-state index in [-0.39, 0.29) is 11.3 Å². The van der Waals surface area contributed by atoms with E-state index in [1.807, 2.05) is 18.4 Å². The lowest BCUT2D eigenvalue weighted by Gasteiger charge is -2.07. The lowest BCUT2D eigenvalue weighted by molar-refractivity contribution is 0.612. The van der Waals surface area contributed by atoms with Gasteiger partial charge in [0.05, 0.1) is 18.7 Å². The molecule has 0 aliphatic carbocycles. The van der Waals surface area contributed by atoms with Crippen LogP contribution in [0.4, 0.5) is 5.82 Å². The molecule has 0 amide bonds. The lowest BCUT2D eigenvalue weighted by Crippen LogP contribution is -2.01. The van der Waals surface area contributed by atoms with Crippen LogP contribution < -0.4 is 5.73 Å². The summed E-state index contributed by atoms with van der Waals surface area (Å²) in [5, 5.41) is 0.147. The van der Waals surface area contributed by atoms with E-state index in [9.17, 15) is 0 Å². The number of nitrogen functional groups attached to an aromatic ring is 1. The van der Waals surface area contributed by atoms with E-state index in [0.29, 0.717) is 28.4 Å². The van der Waals surface area contributed by atoms with Gasteiger partial charge in [0.25, 0.3) is 0 Å². The zero-order chi connectivity index (χ0) is 14.3. The minimum Gasteiger partial charge on any atom is -0.382 e. The van der Waals surface area contributed by atoms with E-state index in [1.54, 1.807) is 12.5 Å². The van der Waals surface area contributed by atoms with Gasteiger partial charge in [-0.25, -0.2) is 19.9 Å². The largest absolute Gasteiger partial charge is 0.382 e. The van der Waals surface area contributed by atoms with Gasteiger partial charge in [-0.1, -0.05) is 0 Å². The quantitative estimate of drug-likeness (QED) is 0.726. The molecule has 2 N–H and O–H groups in total. The minimum atomic E-state index is 0.147. The average molecular weight is 290 g/mol. The second-order valence-corrected chi connectivity index (χ2v) is 4.92. The van der Waals surface area contributed by atoms with Crippen LogP contribution in [0.3, 0.4) is 0 Å². The Morgan fingerprint density at radius 1 is 1.15 bits per heavy atom. The van der Waals surface area contributed by atoms with Crippen molar-refractivity contribution in [1.82, 2.24) is 29.5 Å². The first-order valence-corrected chi connectivity index (χ1v) is 6.42. The van der Waals surface area contributed by atoms with Crippen molar-refractivity contribution in [1.29, 1.82) is 0 Å². The van der Waals surface area contributed by atoms with E-state index >= 15 is 0 Å². The van der Waals surface area contributed by atoms with Crippen molar-refractivity contribution in [2.75, 3.05) is 5.73 Å². The van der Waals surface area contributed by atoms with Gasteiger partial charge in [-0.05, 0) is 25.4 Å². The molecular formula is C12H12ClN7. The highest BCUT2D eigenvalue weighted by molar-refractivity contribution is 6.28. The predicted molar refractivity (Wildman–Crippen MR) is 76.2 cm³/mol. The van der Waals surface area contributed by atoms with Gasteiger partial charge in [-0.3, -0.25) is 0 Å². The number of rotatable bonds is 2.